The molecule has 1 aliphatic rings. The fraction of sp³-hybridized carbons (Fsp3) is 0.345. The molecule has 1 aliphatic heterocycles. The topological polar surface area (TPSA) is 93.3 Å². The van der Waals surface area contributed by atoms with E-state index in [4.69, 9.17) is 9.47 Å². The number of hydrogen-bond donors (Lipinski definition) is 1. The van der Waals surface area contributed by atoms with Crippen molar-refractivity contribution < 1.29 is 23.0 Å². The van der Waals surface area contributed by atoms with E-state index in [1.807, 2.05) is 33.8 Å². The van der Waals surface area contributed by atoms with Gasteiger partial charge in [-0.05, 0) is 77.4 Å². The summed E-state index contributed by atoms with van der Waals surface area (Å²) in [7, 11) is 0. The molecule has 1 fully saturated rings. The number of carbonyl (C=O) groups excluding carboxylic acids is 1. The van der Waals surface area contributed by atoms with Crippen LogP contribution >= 0.6 is 0 Å². The van der Waals surface area contributed by atoms with Crippen LogP contribution in [0.3, 0.4) is 0 Å². The molecule has 0 aliphatic carbocycles. The van der Waals surface area contributed by atoms with Crippen molar-refractivity contribution in [2.45, 2.75) is 65.1 Å². The zero-order chi connectivity index (χ0) is 28.0. The lowest BCUT2D eigenvalue weighted by molar-refractivity contribution is -0.0914. The van der Waals surface area contributed by atoms with Gasteiger partial charge in [-0.15, -0.1) is 0 Å². The van der Waals surface area contributed by atoms with Gasteiger partial charge >= 0.3 is 0 Å². The van der Waals surface area contributed by atoms with Crippen molar-refractivity contribution in [3.63, 3.8) is 0 Å². The second-order valence-corrected chi connectivity index (χ2v) is 10.5. The first-order valence-electron chi connectivity index (χ1n) is 12.2. The van der Waals surface area contributed by atoms with E-state index in [0.717, 1.165) is 6.07 Å². The van der Waals surface area contributed by atoms with Crippen molar-refractivity contribution in [2.75, 3.05) is 5.32 Å². The quantitative estimate of drug-likeness (QED) is 0.438. The molecule has 0 spiro atoms. The minimum atomic E-state index is -0.917. The third kappa shape index (κ3) is 4.85. The molecule has 3 aromatic rings. The van der Waals surface area contributed by atoms with Gasteiger partial charge in [0, 0.05) is 23.5 Å². The zero-order valence-electron chi connectivity index (χ0n) is 22.1. The molecule has 38 heavy (non-hydrogen) atoms. The van der Waals surface area contributed by atoms with Gasteiger partial charge in [0.1, 0.15) is 29.0 Å². The van der Waals surface area contributed by atoms with Gasteiger partial charge in [0.25, 0.3) is 5.91 Å². The molecule has 1 N–H and O–H groups in total. The predicted octanol–water partition coefficient (Wildman–Crippen LogP) is 6.10. The highest BCUT2D eigenvalue weighted by molar-refractivity contribution is 6.04. The number of anilines is 1. The molecule has 0 saturated carbocycles. The van der Waals surface area contributed by atoms with Gasteiger partial charge in [-0.25, -0.2) is 8.78 Å². The lowest BCUT2D eigenvalue weighted by Gasteiger charge is -2.30. The van der Waals surface area contributed by atoms with E-state index >= 15 is 4.39 Å². The van der Waals surface area contributed by atoms with E-state index < -0.39 is 40.5 Å². The van der Waals surface area contributed by atoms with E-state index in [1.54, 1.807) is 13.8 Å². The Morgan fingerprint density at radius 3 is 2.18 bits per heavy atom. The Morgan fingerprint density at radius 2 is 1.66 bits per heavy atom. The lowest BCUT2D eigenvalue weighted by atomic mass is 9.90. The Kier molecular flexibility index (Phi) is 6.99. The van der Waals surface area contributed by atoms with Gasteiger partial charge in [-0.2, -0.15) is 5.26 Å². The Labute approximate surface area is 219 Å². The summed E-state index contributed by atoms with van der Waals surface area (Å²) in [6, 6.07) is 10.9. The monoisotopic (exact) mass is 521 g/mol. The van der Waals surface area contributed by atoms with Crippen LogP contribution in [-0.2, 0) is 9.47 Å². The maximum atomic E-state index is 15.1. The summed E-state index contributed by atoms with van der Waals surface area (Å²) in [4.78, 5) is 26.7. The van der Waals surface area contributed by atoms with Gasteiger partial charge < -0.3 is 19.4 Å². The maximum absolute atomic E-state index is 15.1. The van der Waals surface area contributed by atoms with E-state index in [-0.39, 0.29) is 34.1 Å². The number of nitrogens with zero attached hydrogens (tertiary/aromatic N) is 2. The van der Waals surface area contributed by atoms with Crippen LogP contribution in [0.2, 0.25) is 0 Å². The van der Waals surface area contributed by atoms with Gasteiger partial charge in [-0.1, -0.05) is 12.1 Å². The lowest BCUT2D eigenvalue weighted by Crippen LogP contribution is -2.41. The number of nitriles is 1. The molecule has 1 aromatic heterocycles. The van der Waals surface area contributed by atoms with Crippen LogP contribution in [0.4, 0.5) is 14.5 Å². The number of hydrogen-bond acceptors (Lipinski definition) is 5. The summed E-state index contributed by atoms with van der Waals surface area (Å²) in [6.07, 6.45) is 0.392. The molecule has 0 unspecified atom stereocenters. The van der Waals surface area contributed by atoms with Crippen molar-refractivity contribution in [1.29, 1.82) is 5.26 Å². The van der Waals surface area contributed by atoms with E-state index in [0.29, 0.717) is 5.56 Å². The number of benzene rings is 2. The number of carbonyl (C=O) groups is 1. The van der Waals surface area contributed by atoms with Gasteiger partial charge in [-0.3, -0.25) is 9.59 Å². The normalized spacial score (nSPS) is 16.4. The van der Waals surface area contributed by atoms with Gasteiger partial charge in [0.2, 0.25) is 5.43 Å². The van der Waals surface area contributed by atoms with Crippen molar-refractivity contribution in [1.82, 2.24) is 4.57 Å². The maximum Gasteiger partial charge on any atom is 0.261 e. The second-order valence-electron chi connectivity index (χ2n) is 10.5. The molecule has 1 amide bonds. The summed E-state index contributed by atoms with van der Waals surface area (Å²) in [6.45, 7) is 11.0. The van der Waals surface area contributed by atoms with Crippen molar-refractivity contribution in [2.24, 2.45) is 0 Å². The molecule has 2 aromatic carbocycles. The summed E-state index contributed by atoms with van der Waals surface area (Å²) >= 11 is 0. The number of halogens is 2. The minimum absolute atomic E-state index is 0.0175. The van der Waals surface area contributed by atoms with Crippen LogP contribution < -0.4 is 10.7 Å². The molecule has 0 atom stereocenters. The molecule has 9 heteroatoms. The number of rotatable bonds is 5. The zero-order valence-corrected chi connectivity index (χ0v) is 22.1. The molecule has 1 saturated heterocycles. The highest BCUT2D eigenvalue weighted by Crippen LogP contribution is 2.45. The number of amides is 1. The Bertz CT molecular complexity index is 1490. The Hall–Kier alpha value is -3.87. The third-order valence-electron chi connectivity index (χ3n) is 7.04. The molecular formula is C29H29F2N3O4. The van der Waals surface area contributed by atoms with E-state index in [1.165, 1.54) is 47.2 Å². The largest absolute Gasteiger partial charge is 0.339 e. The fourth-order valence-corrected chi connectivity index (χ4v) is 4.17. The number of pyridine rings is 1. The summed E-state index contributed by atoms with van der Waals surface area (Å²) < 4.78 is 41.9. The van der Waals surface area contributed by atoms with Crippen molar-refractivity contribution in [3.8, 4) is 17.2 Å². The smallest absolute Gasteiger partial charge is 0.261 e. The standard InChI is InChI=1S/C29H29F2N3O4/c1-16(2)34-15-21(25(35)24(23(34)14-32)17-7-9-18(30)10-8-17)26(36)33-19-11-12-20(22(31)13-19)27-37-28(3,4)29(5,6)38-27/h7-13,15-16,27H,1-6H3,(H,33,36). The average Bonchev–Trinajstić information content (AvgIpc) is 3.05. The summed E-state index contributed by atoms with van der Waals surface area (Å²) in [5, 5.41) is 12.4. The highest BCUT2D eigenvalue weighted by Gasteiger charge is 2.50. The third-order valence-corrected chi connectivity index (χ3v) is 7.04. The fourth-order valence-electron chi connectivity index (χ4n) is 4.17. The Morgan fingerprint density at radius 1 is 1.05 bits per heavy atom. The molecule has 2 heterocycles. The van der Waals surface area contributed by atoms with Crippen LogP contribution in [0.25, 0.3) is 11.1 Å². The van der Waals surface area contributed by atoms with Gasteiger partial charge in [0.15, 0.2) is 6.29 Å². The van der Waals surface area contributed by atoms with Crippen LogP contribution in [-0.4, -0.2) is 21.7 Å². The molecule has 4 rings (SSSR count). The van der Waals surface area contributed by atoms with E-state index in [9.17, 15) is 19.2 Å². The summed E-state index contributed by atoms with van der Waals surface area (Å²) in [5.74, 6) is -1.93. The highest BCUT2D eigenvalue weighted by atomic mass is 19.1. The van der Waals surface area contributed by atoms with Crippen LogP contribution in [0.1, 0.15) is 75.5 Å². The first-order chi connectivity index (χ1) is 17.8. The minimum Gasteiger partial charge on any atom is -0.339 e. The molecular weight excluding hydrogens is 492 g/mol. The molecule has 0 bridgehead atoms. The predicted molar refractivity (Wildman–Crippen MR) is 139 cm³/mol. The van der Waals surface area contributed by atoms with Crippen molar-refractivity contribution >= 4 is 11.6 Å². The number of ether oxygens (including phenoxy) is 2. The van der Waals surface area contributed by atoms with Crippen LogP contribution in [0, 0.1) is 23.0 Å². The first-order valence-corrected chi connectivity index (χ1v) is 12.2. The molecule has 7 nitrogen and oxygen atoms in total. The first kappa shape index (κ1) is 27.2. The van der Waals surface area contributed by atoms with Crippen LogP contribution in [0.15, 0.2) is 53.5 Å². The molecule has 198 valence electrons. The second kappa shape index (κ2) is 9.78. The summed E-state index contributed by atoms with van der Waals surface area (Å²) in [5.41, 5.74) is -1.60. The van der Waals surface area contributed by atoms with Gasteiger partial charge in [0.05, 0.1) is 16.8 Å². The molecule has 0 radical (unpaired) electrons. The number of nitrogens with one attached hydrogen (secondary N) is 1. The van der Waals surface area contributed by atoms with E-state index in [2.05, 4.69) is 5.32 Å². The van der Waals surface area contributed by atoms with Crippen molar-refractivity contribution in [3.05, 3.63) is 87.3 Å². The SMILES string of the molecule is CC(C)n1cc(C(=O)Nc2ccc(C3OC(C)(C)C(C)(C)O3)c(F)c2)c(=O)c(-c2ccc(F)cc2)c1C#N. The number of aromatic nitrogens is 1. The average molecular weight is 522 g/mol. The Balaban J connectivity index is 1.70. The van der Waals surface area contributed by atoms with Crippen LogP contribution in [0.5, 0.6) is 0 Å².